The minimum absolute atomic E-state index is 0.188. The summed E-state index contributed by atoms with van der Waals surface area (Å²) in [6, 6.07) is 7.83. The maximum absolute atomic E-state index is 12.2. The number of nitrogens with zero attached hydrogens (tertiary/aromatic N) is 2. The van der Waals surface area contributed by atoms with Crippen molar-refractivity contribution in [1.29, 1.82) is 0 Å². The molecule has 3 rings (SSSR count). The summed E-state index contributed by atoms with van der Waals surface area (Å²) in [7, 11) is 1.29. The molecule has 5 nitrogen and oxygen atoms in total. The van der Waals surface area contributed by atoms with Crippen molar-refractivity contribution in [2.45, 2.75) is 13.0 Å². The van der Waals surface area contributed by atoms with E-state index in [4.69, 9.17) is 0 Å². The molecule has 0 unspecified atom stereocenters. The molecule has 1 aromatic carbocycles. The van der Waals surface area contributed by atoms with Crippen molar-refractivity contribution >= 4 is 29.1 Å². The van der Waals surface area contributed by atoms with E-state index in [9.17, 15) is 9.59 Å². The van der Waals surface area contributed by atoms with Crippen LogP contribution in [0.15, 0.2) is 34.1 Å². The van der Waals surface area contributed by atoms with Gasteiger partial charge in [0.15, 0.2) is 4.80 Å². The fraction of sp³-hybridized carbons (Fsp3) is 0.214. The molecule has 0 saturated carbocycles. The number of hydrogen-bond donors (Lipinski definition) is 0. The van der Waals surface area contributed by atoms with Crippen molar-refractivity contribution in [1.82, 2.24) is 4.57 Å². The van der Waals surface area contributed by atoms with Gasteiger partial charge in [-0.1, -0.05) is 29.5 Å². The van der Waals surface area contributed by atoms with Gasteiger partial charge < -0.3 is 4.74 Å². The summed E-state index contributed by atoms with van der Waals surface area (Å²) < 4.78 is 6.52. The molecule has 0 saturated heterocycles. The predicted molar refractivity (Wildman–Crippen MR) is 75.6 cm³/mol. The highest BCUT2D eigenvalue weighted by Gasteiger charge is 2.12. The zero-order valence-electron chi connectivity index (χ0n) is 10.8. The lowest BCUT2D eigenvalue weighted by Gasteiger charge is -2.00. The second-order valence-electron chi connectivity index (χ2n) is 4.36. The van der Waals surface area contributed by atoms with E-state index < -0.39 is 5.97 Å². The molecule has 0 spiro atoms. The van der Waals surface area contributed by atoms with E-state index in [0.29, 0.717) is 15.9 Å². The van der Waals surface area contributed by atoms with Gasteiger partial charge in [-0.25, -0.2) is 9.79 Å². The molecule has 1 aliphatic rings. The number of ether oxygens (including phenoxy) is 1. The standard InChI is InChI=1S/C14H12N2O3S/c1-19-12(17)8-11-13(18)16-7-6-9-4-2-3-5-10(9)15-14(16)20-11/h2-5,8H,6-7H2,1H3. The fourth-order valence-corrected chi connectivity index (χ4v) is 3.10. The van der Waals surface area contributed by atoms with E-state index >= 15 is 0 Å². The largest absolute Gasteiger partial charge is 0.466 e. The molecule has 20 heavy (non-hydrogen) atoms. The smallest absolute Gasteiger partial charge is 0.332 e. The van der Waals surface area contributed by atoms with Gasteiger partial charge in [0, 0.05) is 12.6 Å². The first-order valence-corrected chi connectivity index (χ1v) is 6.96. The van der Waals surface area contributed by atoms with Gasteiger partial charge >= 0.3 is 5.97 Å². The van der Waals surface area contributed by atoms with E-state index in [1.54, 1.807) is 4.57 Å². The summed E-state index contributed by atoms with van der Waals surface area (Å²) >= 11 is 1.21. The Morgan fingerprint density at radius 2 is 2.25 bits per heavy atom. The van der Waals surface area contributed by atoms with E-state index in [2.05, 4.69) is 9.73 Å². The quantitative estimate of drug-likeness (QED) is 0.712. The van der Waals surface area contributed by atoms with Gasteiger partial charge in [-0.2, -0.15) is 0 Å². The third-order valence-electron chi connectivity index (χ3n) is 3.15. The summed E-state index contributed by atoms with van der Waals surface area (Å²) in [5.41, 5.74) is 1.82. The second-order valence-corrected chi connectivity index (χ2v) is 5.37. The Morgan fingerprint density at radius 1 is 1.45 bits per heavy atom. The van der Waals surface area contributed by atoms with Crippen molar-refractivity contribution in [3.63, 3.8) is 0 Å². The molecule has 2 aromatic rings. The zero-order valence-corrected chi connectivity index (χ0v) is 11.6. The number of aromatic nitrogens is 1. The molecule has 0 radical (unpaired) electrons. The number of fused-ring (bicyclic) bond motifs is 2. The Balaban J connectivity index is 2.23. The van der Waals surface area contributed by atoms with Crippen LogP contribution in [0, 0.1) is 0 Å². The van der Waals surface area contributed by atoms with Crippen molar-refractivity contribution in [2.75, 3.05) is 7.11 Å². The number of carbonyl (C=O) groups is 1. The molecule has 1 aliphatic heterocycles. The number of hydrogen-bond acceptors (Lipinski definition) is 5. The third kappa shape index (κ3) is 2.18. The van der Waals surface area contributed by atoms with Gasteiger partial charge in [0.1, 0.15) is 4.53 Å². The van der Waals surface area contributed by atoms with Crippen LogP contribution >= 0.6 is 11.3 Å². The minimum Gasteiger partial charge on any atom is -0.466 e. The summed E-state index contributed by atoms with van der Waals surface area (Å²) in [4.78, 5) is 28.7. The number of para-hydroxylation sites is 1. The van der Waals surface area contributed by atoms with Gasteiger partial charge in [-0.15, -0.1) is 0 Å². The first-order chi connectivity index (χ1) is 9.69. The summed E-state index contributed by atoms with van der Waals surface area (Å²) in [5.74, 6) is -0.528. The van der Waals surface area contributed by atoms with E-state index in [0.717, 1.165) is 17.7 Å². The lowest BCUT2D eigenvalue weighted by atomic mass is 10.1. The number of aryl methyl sites for hydroxylation is 1. The maximum atomic E-state index is 12.2. The fourth-order valence-electron chi connectivity index (χ4n) is 2.12. The highest BCUT2D eigenvalue weighted by atomic mass is 32.1. The van der Waals surface area contributed by atoms with Crippen LogP contribution in [-0.4, -0.2) is 17.6 Å². The predicted octanol–water partition coefficient (Wildman–Crippen LogP) is 0.371. The molecule has 2 heterocycles. The van der Waals surface area contributed by atoms with Crippen molar-refractivity contribution in [2.24, 2.45) is 4.99 Å². The van der Waals surface area contributed by atoms with E-state index in [1.165, 1.54) is 24.5 Å². The SMILES string of the molecule is COC(=O)C=c1sc2n(c1=O)CCc1ccccc1N=2. The lowest BCUT2D eigenvalue weighted by Crippen LogP contribution is -2.32. The Hall–Kier alpha value is -2.21. The molecule has 0 fully saturated rings. The minimum atomic E-state index is -0.528. The highest BCUT2D eigenvalue weighted by Crippen LogP contribution is 2.20. The summed E-state index contributed by atoms with van der Waals surface area (Å²) in [6.07, 6.45) is 1.97. The molecule has 0 aliphatic carbocycles. The zero-order chi connectivity index (χ0) is 14.1. The normalized spacial score (nSPS) is 13.9. The van der Waals surface area contributed by atoms with Gasteiger partial charge in [0.05, 0.1) is 12.8 Å². The third-order valence-corrected chi connectivity index (χ3v) is 4.16. The number of rotatable bonds is 1. The van der Waals surface area contributed by atoms with Gasteiger partial charge in [0.2, 0.25) is 0 Å². The molecular weight excluding hydrogens is 276 g/mol. The molecule has 0 N–H and O–H groups in total. The van der Waals surface area contributed by atoms with Crippen LogP contribution in [0.5, 0.6) is 0 Å². The van der Waals surface area contributed by atoms with Crippen LogP contribution in [-0.2, 0) is 22.5 Å². The number of benzene rings is 1. The van der Waals surface area contributed by atoms with Gasteiger partial charge in [0.25, 0.3) is 5.56 Å². The molecule has 1 aromatic heterocycles. The van der Waals surface area contributed by atoms with E-state index in [1.807, 2.05) is 24.3 Å². The molecule has 0 bridgehead atoms. The van der Waals surface area contributed by atoms with Crippen molar-refractivity contribution in [3.05, 3.63) is 49.5 Å². The monoisotopic (exact) mass is 288 g/mol. The average Bonchev–Trinajstić information content (AvgIpc) is 2.64. The first kappa shape index (κ1) is 12.8. The number of thiazole rings is 1. The summed E-state index contributed by atoms with van der Waals surface area (Å²) in [6.45, 7) is 0.570. The molecule has 0 atom stereocenters. The first-order valence-electron chi connectivity index (χ1n) is 6.15. The number of methoxy groups -OCH3 is 1. The van der Waals surface area contributed by atoms with Crippen molar-refractivity contribution in [3.8, 4) is 0 Å². The van der Waals surface area contributed by atoms with Crippen LogP contribution in [0.2, 0.25) is 0 Å². The second kappa shape index (κ2) is 5.05. The van der Waals surface area contributed by atoms with Gasteiger partial charge in [-0.3, -0.25) is 9.36 Å². The van der Waals surface area contributed by atoms with Crippen LogP contribution < -0.4 is 14.9 Å². The van der Waals surface area contributed by atoms with Crippen molar-refractivity contribution < 1.29 is 9.53 Å². The Labute approximate surface area is 118 Å². The number of carbonyl (C=O) groups excluding carboxylic acids is 1. The lowest BCUT2D eigenvalue weighted by molar-refractivity contribution is -0.133. The Morgan fingerprint density at radius 3 is 3.05 bits per heavy atom. The number of esters is 1. The van der Waals surface area contributed by atoms with Crippen LogP contribution in [0.25, 0.3) is 6.08 Å². The molecule has 0 amide bonds. The average molecular weight is 288 g/mol. The summed E-state index contributed by atoms with van der Waals surface area (Å²) in [5, 5.41) is 0. The van der Waals surface area contributed by atoms with Crippen LogP contribution in [0.4, 0.5) is 5.69 Å². The maximum Gasteiger partial charge on any atom is 0.332 e. The highest BCUT2D eigenvalue weighted by molar-refractivity contribution is 7.07. The van der Waals surface area contributed by atoms with E-state index in [-0.39, 0.29) is 5.56 Å². The van der Waals surface area contributed by atoms with Gasteiger partial charge in [-0.05, 0) is 18.1 Å². The topological polar surface area (TPSA) is 60.7 Å². The van der Waals surface area contributed by atoms with Crippen LogP contribution in [0.3, 0.4) is 0 Å². The Kier molecular flexibility index (Phi) is 3.23. The van der Waals surface area contributed by atoms with Crippen LogP contribution in [0.1, 0.15) is 5.56 Å². The Bertz CT molecular complexity index is 848. The molecular formula is C14H12N2O3S. The molecule has 102 valence electrons. The molecule has 6 heteroatoms.